The first-order valence-corrected chi connectivity index (χ1v) is 5.42. The largest absolute Gasteiger partial charge is 0.375 e. The van der Waals surface area contributed by atoms with Crippen molar-refractivity contribution in [2.45, 2.75) is 13.3 Å². The quantitative estimate of drug-likeness (QED) is 0.848. The number of nitrogens with zero attached hydrogens (tertiary/aromatic N) is 1. The number of hydrogen-bond acceptors (Lipinski definition) is 3. The van der Waals surface area contributed by atoms with E-state index >= 15 is 0 Å². The highest BCUT2D eigenvalue weighted by Gasteiger charge is 2.03. The second kappa shape index (κ2) is 3.98. The molecule has 0 atom stereocenters. The third-order valence-corrected chi connectivity index (χ3v) is 3.00. The molecule has 4 heteroatoms. The van der Waals surface area contributed by atoms with Gasteiger partial charge in [0.25, 0.3) is 0 Å². The van der Waals surface area contributed by atoms with Crippen LogP contribution in [-0.4, -0.2) is 4.98 Å². The molecule has 0 fully saturated rings. The van der Waals surface area contributed by atoms with Crippen LogP contribution in [0.1, 0.15) is 16.0 Å². The number of aryl methyl sites for hydroxylation is 1. The zero-order valence-corrected chi connectivity index (χ0v) is 9.14. The molecule has 2 nitrogen and oxygen atoms in total. The number of hydrogen-bond donors (Lipinski definition) is 1. The van der Waals surface area contributed by atoms with Crippen LogP contribution in [-0.2, 0) is 6.42 Å². The minimum atomic E-state index is -0.164. The molecule has 2 N–H and O–H groups in total. The highest BCUT2D eigenvalue weighted by atomic mass is 32.1. The summed E-state index contributed by atoms with van der Waals surface area (Å²) in [6.07, 6.45) is 2.52. The molecule has 2 rings (SSSR count). The van der Waals surface area contributed by atoms with Crippen molar-refractivity contribution in [1.82, 2.24) is 4.98 Å². The number of aromatic nitrogens is 1. The lowest BCUT2D eigenvalue weighted by Gasteiger charge is -2.01. The van der Waals surface area contributed by atoms with Gasteiger partial charge in [-0.2, -0.15) is 0 Å². The number of benzene rings is 1. The summed E-state index contributed by atoms with van der Waals surface area (Å²) in [6.45, 7) is 1.76. The third-order valence-electron chi connectivity index (χ3n) is 2.17. The molecular weight excluding hydrogens is 211 g/mol. The number of halogens is 1. The normalized spacial score (nSPS) is 10.5. The summed E-state index contributed by atoms with van der Waals surface area (Å²) in [5, 5.41) is 0.573. The fourth-order valence-corrected chi connectivity index (χ4v) is 2.14. The van der Waals surface area contributed by atoms with Crippen LogP contribution in [0.5, 0.6) is 0 Å². The van der Waals surface area contributed by atoms with Crippen molar-refractivity contribution >= 4 is 16.5 Å². The van der Waals surface area contributed by atoms with Crippen LogP contribution in [0.2, 0.25) is 0 Å². The molecule has 0 radical (unpaired) electrons. The Morgan fingerprint density at radius 1 is 1.47 bits per heavy atom. The van der Waals surface area contributed by atoms with Crippen molar-refractivity contribution in [3.63, 3.8) is 0 Å². The molecule has 0 unspecified atom stereocenters. The molecule has 2 aromatic rings. The summed E-state index contributed by atoms with van der Waals surface area (Å²) in [6, 6.07) is 5.14. The Balaban J connectivity index is 2.21. The molecule has 0 aliphatic carbocycles. The summed E-state index contributed by atoms with van der Waals surface area (Å²) in [4.78, 5) is 5.07. The number of rotatable bonds is 2. The second-order valence-corrected chi connectivity index (χ2v) is 4.57. The minimum absolute atomic E-state index is 0.164. The maximum Gasteiger partial charge on any atom is 0.180 e. The molecule has 1 aromatic heterocycles. The van der Waals surface area contributed by atoms with Crippen molar-refractivity contribution in [1.29, 1.82) is 0 Å². The number of nitrogen functional groups attached to an aromatic ring is 1. The van der Waals surface area contributed by atoms with E-state index in [9.17, 15) is 4.39 Å². The van der Waals surface area contributed by atoms with Gasteiger partial charge in [-0.25, -0.2) is 9.37 Å². The second-order valence-electron chi connectivity index (χ2n) is 3.43. The lowest BCUT2D eigenvalue weighted by atomic mass is 10.1. The first-order valence-electron chi connectivity index (χ1n) is 4.60. The van der Waals surface area contributed by atoms with Crippen molar-refractivity contribution < 1.29 is 4.39 Å². The van der Waals surface area contributed by atoms with E-state index in [0.29, 0.717) is 10.7 Å². The zero-order chi connectivity index (χ0) is 10.8. The highest BCUT2D eigenvalue weighted by molar-refractivity contribution is 7.15. The molecular formula is C11H11FN2S. The van der Waals surface area contributed by atoms with Crippen LogP contribution in [0.4, 0.5) is 9.52 Å². The van der Waals surface area contributed by atoms with E-state index in [1.54, 1.807) is 19.2 Å². The van der Waals surface area contributed by atoms with Crippen molar-refractivity contribution in [2.24, 2.45) is 0 Å². The van der Waals surface area contributed by atoms with Crippen molar-refractivity contribution in [3.8, 4) is 0 Å². The molecule has 0 aliphatic rings. The molecule has 0 spiro atoms. The van der Waals surface area contributed by atoms with E-state index in [1.807, 2.05) is 6.07 Å². The van der Waals surface area contributed by atoms with Gasteiger partial charge in [0.1, 0.15) is 5.82 Å². The smallest absolute Gasteiger partial charge is 0.180 e. The van der Waals surface area contributed by atoms with E-state index in [-0.39, 0.29) is 5.82 Å². The number of thiazole rings is 1. The minimum Gasteiger partial charge on any atom is -0.375 e. The Morgan fingerprint density at radius 2 is 2.27 bits per heavy atom. The van der Waals surface area contributed by atoms with Crippen LogP contribution < -0.4 is 5.73 Å². The molecule has 0 saturated heterocycles. The maximum absolute atomic E-state index is 13.0. The summed E-state index contributed by atoms with van der Waals surface area (Å²) in [5.74, 6) is -0.164. The van der Waals surface area contributed by atoms with Crippen LogP contribution >= 0.6 is 11.3 Å². The van der Waals surface area contributed by atoms with Gasteiger partial charge < -0.3 is 5.73 Å². The van der Waals surface area contributed by atoms with E-state index < -0.39 is 0 Å². The molecule has 78 valence electrons. The summed E-state index contributed by atoms with van der Waals surface area (Å²) in [5.41, 5.74) is 7.29. The fourth-order valence-electron chi connectivity index (χ4n) is 1.42. The van der Waals surface area contributed by atoms with Gasteiger partial charge in [-0.15, -0.1) is 11.3 Å². The molecule has 0 amide bonds. The highest BCUT2D eigenvalue weighted by Crippen LogP contribution is 2.19. The molecule has 0 bridgehead atoms. The van der Waals surface area contributed by atoms with E-state index in [0.717, 1.165) is 16.9 Å². The standard InChI is InChI=1S/C11H11FN2S/c1-7-4-8(2-3-10(7)12)5-9-6-14-11(13)15-9/h2-4,6H,5H2,1H3,(H2,13,14). The fraction of sp³-hybridized carbons (Fsp3) is 0.182. The average Bonchev–Trinajstić information content (AvgIpc) is 2.58. The van der Waals surface area contributed by atoms with Crippen LogP contribution in [0.15, 0.2) is 24.4 Å². The van der Waals surface area contributed by atoms with E-state index in [2.05, 4.69) is 4.98 Å². The Morgan fingerprint density at radius 3 is 2.87 bits per heavy atom. The van der Waals surface area contributed by atoms with Gasteiger partial charge in [-0.05, 0) is 24.1 Å². The third kappa shape index (κ3) is 2.33. The molecule has 1 aromatic carbocycles. The lowest BCUT2D eigenvalue weighted by molar-refractivity contribution is 0.618. The van der Waals surface area contributed by atoms with Crippen molar-refractivity contribution in [2.75, 3.05) is 5.73 Å². The van der Waals surface area contributed by atoms with Gasteiger partial charge in [0, 0.05) is 17.5 Å². The van der Waals surface area contributed by atoms with Gasteiger partial charge in [-0.3, -0.25) is 0 Å². The predicted molar refractivity (Wildman–Crippen MR) is 60.5 cm³/mol. The maximum atomic E-state index is 13.0. The predicted octanol–water partition coefficient (Wildman–Crippen LogP) is 2.76. The van der Waals surface area contributed by atoms with Gasteiger partial charge in [0.05, 0.1) is 0 Å². The Labute approximate surface area is 91.6 Å². The van der Waals surface area contributed by atoms with Gasteiger partial charge in [0.2, 0.25) is 0 Å². The molecule has 0 aliphatic heterocycles. The van der Waals surface area contributed by atoms with E-state index in [1.165, 1.54) is 17.4 Å². The topological polar surface area (TPSA) is 38.9 Å². The summed E-state index contributed by atoms with van der Waals surface area (Å²) in [7, 11) is 0. The summed E-state index contributed by atoms with van der Waals surface area (Å²) >= 11 is 1.47. The van der Waals surface area contributed by atoms with Crippen LogP contribution in [0.25, 0.3) is 0 Å². The Kier molecular flexibility index (Phi) is 2.68. The van der Waals surface area contributed by atoms with Gasteiger partial charge >= 0.3 is 0 Å². The molecule has 15 heavy (non-hydrogen) atoms. The Bertz CT molecular complexity index is 479. The number of nitrogens with two attached hydrogens (primary N) is 1. The monoisotopic (exact) mass is 222 g/mol. The summed E-state index contributed by atoms with van der Waals surface area (Å²) < 4.78 is 13.0. The average molecular weight is 222 g/mol. The van der Waals surface area contributed by atoms with Crippen LogP contribution in [0, 0.1) is 12.7 Å². The number of anilines is 1. The lowest BCUT2D eigenvalue weighted by Crippen LogP contribution is -1.88. The Hall–Kier alpha value is -1.42. The SMILES string of the molecule is Cc1cc(Cc2cnc(N)s2)ccc1F. The first kappa shape index (κ1) is 10.1. The van der Waals surface area contributed by atoms with Gasteiger partial charge in [-0.1, -0.05) is 12.1 Å². The first-order chi connectivity index (χ1) is 7.15. The van der Waals surface area contributed by atoms with Crippen LogP contribution in [0.3, 0.4) is 0 Å². The van der Waals surface area contributed by atoms with Gasteiger partial charge in [0.15, 0.2) is 5.13 Å². The van der Waals surface area contributed by atoms with E-state index in [4.69, 9.17) is 5.73 Å². The molecule has 0 saturated carbocycles. The zero-order valence-electron chi connectivity index (χ0n) is 8.33. The van der Waals surface area contributed by atoms with Crippen molar-refractivity contribution in [3.05, 3.63) is 46.2 Å². The molecule has 1 heterocycles.